The Morgan fingerprint density at radius 1 is 0.667 bits per heavy atom. The largest absolute Gasteiger partial charge is 0.392 e. The van der Waals surface area contributed by atoms with Crippen LogP contribution in [0.15, 0.2) is 12.1 Å². The Morgan fingerprint density at radius 3 is 1.24 bits per heavy atom. The van der Waals surface area contributed by atoms with Crippen LogP contribution in [0.25, 0.3) is 0 Å². The molecule has 118 valence electrons. The molecule has 0 unspecified atom stereocenters. The fourth-order valence-electron chi connectivity index (χ4n) is 3.65. The average molecular weight is 294 g/mol. The summed E-state index contributed by atoms with van der Waals surface area (Å²) in [6.45, 7) is -0.873. The van der Waals surface area contributed by atoms with Crippen LogP contribution in [0, 0.1) is 11.8 Å². The average Bonchev–Trinajstić information content (AvgIpc) is 3.19. The molecular weight excluding hydrogens is 268 g/mol. The van der Waals surface area contributed by atoms with Gasteiger partial charge in [0.05, 0.1) is 26.4 Å². The first kappa shape index (κ1) is 16.4. The standard InChI is InChI=1S/C10H14O4.C7H12/c11-3-7-1-2-8(4-12)10(6-14)9(7)5-13;1-2-7-4-3-6(1)5-7/h1-2,11-14H,3-6H2;6-7H,1-5H2. The summed E-state index contributed by atoms with van der Waals surface area (Å²) in [4.78, 5) is 0. The van der Waals surface area contributed by atoms with Crippen LogP contribution in [0.5, 0.6) is 0 Å². The second kappa shape index (κ2) is 7.90. The molecule has 4 nitrogen and oxygen atoms in total. The van der Waals surface area contributed by atoms with Gasteiger partial charge in [-0.2, -0.15) is 0 Å². The van der Waals surface area contributed by atoms with Crippen molar-refractivity contribution in [1.29, 1.82) is 0 Å². The van der Waals surface area contributed by atoms with Crippen LogP contribution in [-0.4, -0.2) is 20.4 Å². The Bertz CT molecular complexity index is 409. The number of aliphatic hydroxyl groups is 4. The summed E-state index contributed by atoms with van der Waals surface area (Å²) in [6.07, 6.45) is 7.82. The van der Waals surface area contributed by atoms with Gasteiger partial charge in [0, 0.05) is 0 Å². The predicted octanol–water partition coefficient (Wildman–Crippen LogP) is 1.85. The topological polar surface area (TPSA) is 80.9 Å². The molecule has 1 aromatic rings. The van der Waals surface area contributed by atoms with Gasteiger partial charge in [-0.05, 0) is 40.5 Å². The number of hydrogen-bond donors (Lipinski definition) is 4. The van der Waals surface area contributed by atoms with Gasteiger partial charge < -0.3 is 20.4 Å². The third kappa shape index (κ3) is 3.83. The van der Waals surface area contributed by atoms with Gasteiger partial charge in [-0.1, -0.05) is 37.8 Å². The van der Waals surface area contributed by atoms with E-state index in [1.807, 2.05) is 0 Å². The summed E-state index contributed by atoms with van der Waals surface area (Å²) < 4.78 is 0. The molecule has 2 aliphatic carbocycles. The molecule has 0 spiro atoms. The fraction of sp³-hybridized carbons (Fsp3) is 0.647. The molecule has 2 saturated carbocycles. The second-order valence-corrected chi connectivity index (χ2v) is 6.10. The summed E-state index contributed by atoms with van der Waals surface area (Å²) in [5, 5.41) is 36.1. The molecule has 3 rings (SSSR count). The molecule has 2 aliphatic rings. The van der Waals surface area contributed by atoms with Crippen LogP contribution in [0.3, 0.4) is 0 Å². The van der Waals surface area contributed by atoms with E-state index in [9.17, 15) is 0 Å². The Labute approximate surface area is 126 Å². The van der Waals surface area contributed by atoms with Crippen molar-refractivity contribution in [2.24, 2.45) is 11.8 Å². The van der Waals surface area contributed by atoms with Crippen molar-refractivity contribution >= 4 is 0 Å². The zero-order valence-corrected chi connectivity index (χ0v) is 12.5. The first-order valence-electron chi connectivity index (χ1n) is 7.79. The summed E-state index contributed by atoms with van der Waals surface area (Å²) >= 11 is 0. The number of hydrogen-bond acceptors (Lipinski definition) is 4. The summed E-state index contributed by atoms with van der Waals surface area (Å²) in [5.41, 5.74) is 2.16. The number of rotatable bonds is 4. The lowest BCUT2D eigenvalue weighted by Crippen LogP contribution is -2.05. The molecule has 4 N–H and O–H groups in total. The van der Waals surface area contributed by atoms with Gasteiger partial charge in [0.1, 0.15) is 0 Å². The normalized spacial score (nSPS) is 23.0. The van der Waals surface area contributed by atoms with Crippen LogP contribution < -0.4 is 0 Å². The van der Waals surface area contributed by atoms with Gasteiger partial charge in [-0.25, -0.2) is 0 Å². The Balaban J connectivity index is 0.000000189. The third-order valence-electron chi connectivity index (χ3n) is 4.92. The van der Waals surface area contributed by atoms with Crippen LogP contribution in [0.1, 0.15) is 54.4 Å². The molecule has 21 heavy (non-hydrogen) atoms. The molecule has 0 radical (unpaired) electrons. The van der Waals surface area contributed by atoms with Gasteiger partial charge in [0.25, 0.3) is 0 Å². The number of fused-ring (bicyclic) bond motifs is 2. The van der Waals surface area contributed by atoms with Gasteiger partial charge in [-0.15, -0.1) is 0 Å². The first-order chi connectivity index (χ1) is 10.2. The van der Waals surface area contributed by atoms with E-state index in [1.165, 1.54) is 11.8 Å². The van der Waals surface area contributed by atoms with Crippen molar-refractivity contribution < 1.29 is 20.4 Å². The van der Waals surface area contributed by atoms with Crippen LogP contribution >= 0.6 is 0 Å². The molecule has 2 fully saturated rings. The van der Waals surface area contributed by atoms with Gasteiger partial charge >= 0.3 is 0 Å². The first-order valence-corrected chi connectivity index (χ1v) is 7.79. The van der Waals surface area contributed by atoms with E-state index in [0.717, 1.165) is 0 Å². The maximum absolute atomic E-state index is 9.08. The summed E-state index contributed by atoms with van der Waals surface area (Å²) in [6, 6.07) is 3.27. The highest BCUT2D eigenvalue weighted by atomic mass is 16.3. The van der Waals surface area contributed by atoms with E-state index in [2.05, 4.69) is 0 Å². The van der Waals surface area contributed by atoms with E-state index < -0.39 is 0 Å². The molecule has 2 bridgehead atoms. The lowest BCUT2D eigenvalue weighted by atomic mass is 9.97. The van der Waals surface area contributed by atoms with Crippen molar-refractivity contribution in [3.63, 3.8) is 0 Å². The van der Waals surface area contributed by atoms with Crippen LogP contribution in [-0.2, 0) is 26.4 Å². The van der Waals surface area contributed by atoms with Crippen LogP contribution in [0.4, 0.5) is 0 Å². The van der Waals surface area contributed by atoms with E-state index in [0.29, 0.717) is 22.3 Å². The van der Waals surface area contributed by atoms with E-state index in [4.69, 9.17) is 20.4 Å². The SMILES string of the molecule is C1CC2CCC1C2.OCc1ccc(CO)c(CO)c1CO. The predicted molar refractivity (Wildman–Crippen MR) is 80.2 cm³/mol. The van der Waals surface area contributed by atoms with Crippen molar-refractivity contribution in [2.75, 3.05) is 0 Å². The van der Waals surface area contributed by atoms with Crippen molar-refractivity contribution in [1.82, 2.24) is 0 Å². The highest BCUT2D eigenvalue weighted by Crippen LogP contribution is 2.43. The molecule has 0 saturated heterocycles. The minimum atomic E-state index is -0.250. The Hall–Kier alpha value is -0.940. The zero-order valence-electron chi connectivity index (χ0n) is 12.5. The zero-order chi connectivity index (χ0) is 15.2. The van der Waals surface area contributed by atoms with E-state index in [-0.39, 0.29) is 26.4 Å². The summed E-state index contributed by atoms with van der Waals surface area (Å²) in [5.74, 6) is 2.34. The quantitative estimate of drug-likeness (QED) is 0.683. The minimum absolute atomic E-state index is 0.186. The smallest absolute Gasteiger partial charge is 0.0689 e. The monoisotopic (exact) mass is 294 g/mol. The molecular formula is C17H26O4. The molecule has 0 heterocycles. The van der Waals surface area contributed by atoms with Crippen molar-refractivity contribution in [3.05, 3.63) is 34.4 Å². The van der Waals surface area contributed by atoms with Crippen LogP contribution in [0.2, 0.25) is 0 Å². The lowest BCUT2D eigenvalue weighted by molar-refractivity contribution is 0.239. The fourth-order valence-corrected chi connectivity index (χ4v) is 3.65. The van der Waals surface area contributed by atoms with Crippen molar-refractivity contribution in [3.8, 4) is 0 Å². The molecule has 0 atom stereocenters. The highest BCUT2D eigenvalue weighted by molar-refractivity contribution is 5.40. The van der Waals surface area contributed by atoms with Gasteiger partial charge in [0.2, 0.25) is 0 Å². The molecule has 4 heteroatoms. The second-order valence-electron chi connectivity index (χ2n) is 6.10. The highest BCUT2D eigenvalue weighted by Gasteiger charge is 2.30. The number of aliphatic hydroxyl groups excluding tert-OH is 4. The summed E-state index contributed by atoms with van der Waals surface area (Å²) in [7, 11) is 0. The lowest BCUT2D eigenvalue weighted by Gasteiger charge is -2.13. The maximum Gasteiger partial charge on any atom is 0.0689 e. The van der Waals surface area contributed by atoms with Gasteiger partial charge in [0.15, 0.2) is 0 Å². The third-order valence-corrected chi connectivity index (χ3v) is 4.92. The molecule has 0 aliphatic heterocycles. The molecule has 1 aromatic carbocycles. The minimum Gasteiger partial charge on any atom is -0.392 e. The van der Waals surface area contributed by atoms with E-state index >= 15 is 0 Å². The molecule has 0 aromatic heterocycles. The van der Waals surface area contributed by atoms with E-state index in [1.54, 1.807) is 44.2 Å². The number of benzene rings is 1. The molecule has 0 amide bonds. The Kier molecular flexibility index (Phi) is 6.18. The maximum atomic E-state index is 9.08. The van der Waals surface area contributed by atoms with Gasteiger partial charge in [-0.3, -0.25) is 0 Å². The Morgan fingerprint density at radius 2 is 1.05 bits per heavy atom. The van der Waals surface area contributed by atoms with Crippen molar-refractivity contribution in [2.45, 2.75) is 58.5 Å².